The van der Waals surface area contributed by atoms with Crippen molar-refractivity contribution in [3.63, 3.8) is 0 Å². The van der Waals surface area contributed by atoms with Gasteiger partial charge in [0.1, 0.15) is 5.82 Å². The summed E-state index contributed by atoms with van der Waals surface area (Å²) in [4.78, 5) is 19.6. The summed E-state index contributed by atoms with van der Waals surface area (Å²) in [6, 6.07) is 1.86. The fourth-order valence-corrected chi connectivity index (χ4v) is 1.97. The number of piperazine rings is 1. The molecule has 5 nitrogen and oxygen atoms in total. The molecule has 0 unspecified atom stereocenters. The molecule has 1 fully saturated rings. The zero-order chi connectivity index (χ0) is 12.4. The van der Waals surface area contributed by atoms with Gasteiger partial charge in [-0.1, -0.05) is 0 Å². The van der Waals surface area contributed by atoms with Crippen molar-refractivity contribution in [3.05, 3.63) is 23.4 Å². The van der Waals surface area contributed by atoms with E-state index in [2.05, 4.69) is 21.8 Å². The molecular weight excluding hydrogens is 218 g/mol. The summed E-state index contributed by atoms with van der Waals surface area (Å²) < 4.78 is 0. The van der Waals surface area contributed by atoms with E-state index < -0.39 is 5.97 Å². The van der Waals surface area contributed by atoms with E-state index in [1.807, 2.05) is 13.0 Å². The van der Waals surface area contributed by atoms with Gasteiger partial charge in [-0.25, -0.2) is 9.78 Å². The molecule has 1 saturated heterocycles. The van der Waals surface area contributed by atoms with Gasteiger partial charge in [0.05, 0.1) is 5.56 Å². The number of aromatic nitrogens is 1. The maximum atomic E-state index is 10.9. The number of anilines is 1. The van der Waals surface area contributed by atoms with Crippen LogP contribution in [0.5, 0.6) is 0 Å². The third-order valence-electron chi connectivity index (χ3n) is 3.15. The number of carbonyl (C=O) groups is 1. The monoisotopic (exact) mass is 235 g/mol. The van der Waals surface area contributed by atoms with E-state index in [4.69, 9.17) is 5.11 Å². The molecule has 0 aromatic carbocycles. The molecule has 17 heavy (non-hydrogen) atoms. The zero-order valence-corrected chi connectivity index (χ0v) is 10.2. The number of carboxylic acid groups (broad SMARTS) is 1. The minimum absolute atomic E-state index is 0.280. The number of rotatable bonds is 2. The molecule has 1 aromatic rings. The Hall–Kier alpha value is -1.62. The third-order valence-corrected chi connectivity index (χ3v) is 3.15. The number of carboxylic acids is 1. The number of hydrogen-bond donors (Lipinski definition) is 1. The molecule has 1 aliphatic heterocycles. The Morgan fingerprint density at radius 3 is 2.53 bits per heavy atom. The van der Waals surface area contributed by atoms with Crippen molar-refractivity contribution in [1.82, 2.24) is 9.88 Å². The molecule has 1 aromatic heterocycles. The highest BCUT2D eigenvalue weighted by atomic mass is 16.4. The summed E-state index contributed by atoms with van der Waals surface area (Å²) in [5.74, 6) is -0.0412. The van der Waals surface area contributed by atoms with Gasteiger partial charge >= 0.3 is 5.97 Å². The van der Waals surface area contributed by atoms with Gasteiger partial charge in [-0.2, -0.15) is 0 Å². The van der Waals surface area contributed by atoms with E-state index in [-0.39, 0.29) is 5.56 Å². The Morgan fingerprint density at radius 1 is 1.35 bits per heavy atom. The number of hydrogen-bond acceptors (Lipinski definition) is 4. The normalized spacial score (nSPS) is 17.2. The Morgan fingerprint density at radius 2 is 2.00 bits per heavy atom. The summed E-state index contributed by atoms with van der Waals surface area (Å²) in [5, 5.41) is 8.94. The molecule has 2 heterocycles. The van der Waals surface area contributed by atoms with E-state index in [0.29, 0.717) is 0 Å². The third kappa shape index (κ3) is 2.55. The Labute approximate surface area is 101 Å². The van der Waals surface area contributed by atoms with E-state index in [0.717, 1.165) is 37.6 Å². The molecule has 0 atom stereocenters. The van der Waals surface area contributed by atoms with Crippen molar-refractivity contribution in [2.24, 2.45) is 0 Å². The quantitative estimate of drug-likeness (QED) is 0.823. The number of aromatic carboxylic acids is 1. The van der Waals surface area contributed by atoms with Crippen molar-refractivity contribution in [2.75, 3.05) is 38.1 Å². The van der Waals surface area contributed by atoms with Crippen LogP contribution in [-0.2, 0) is 0 Å². The fraction of sp³-hybridized carbons (Fsp3) is 0.500. The highest BCUT2D eigenvalue weighted by Crippen LogP contribution is 2.17. The van der Waals surface area contributed by atoms with Gasteiger partial charge < -0.3 is 14.9 Å². The number of pyridine rings is 1. The summed E-state index contributed by atoms with van der Waals surface area (Å²) in [7, 11) is 2.10. The maximum Gasteiger partial charge on any atom is 0.337 e. The van der Waals surface area contributed by atoms with Crippen molar-refractivity contribution in [1.29, 1.82) is 0 Å². The topological polar surface area (TPSA) is 56.7 Å². The van der Waals surface area contributed by atoms with Gasteiger partial charge in [0, 0.05) is 32.4 Å². The maximum absolute atomic E-state index is 10.9. The molecule has 92 valence electrons. The first-order valence-corrected chi connectivity index (χ1v) is 5.71. The summed E-state index contributed by atoms with van der Waals surface area (Å²) >= 11 is 0. The highest BCUT2D eigenvalue weighted by Gasteiger charge is 2.16. The second-order valence-electron chi connectivity index (χ2n) is 4.45. The number of likely N-dealkylation sites (N-methyl/N-ethyl adjacent to an activating group) is 1. The molecule has 5 heteroatoms. The first-order valence-electron chi connectivity index (χ1n) is 5.71. The molecular formula is C12H17N3O2. The molecule has 2 rings (SSSR count). The predicted octanol–water partition coefficient (Wildman–Crippen LogP) is 0.840. The second kappa shape index (κ2) is 4.71. The van der Waals surface area contributed by atoms with Gasteiger partial charge in [0.2, 0.25) is 0 Å². The highest BCUT2D eigenvalue weighted by molar-refractivity contribution is 5.89. The zero-order valence-electron chi connectivity index (χ0n) is 10.2. The minimum Gasteiger partial charge on any atom is -0.478 e. The Bertz CT molecular complexity index is 426. The van der Waals surface area contributed by atoms with Crippen LogP contribution in [0.25, 0.3) is 0 Å². The van der Waals surface area contributed by atoms with Gasteiger partial charge in [-0.15, -0.1) is 0 Å². The standard InChI is InChI=1S/C12H17N3O2/c1-9-7-11(13-8-10(9)12(16)17)15-5-3-14(2)4-6-15/h7-8H,3-6H2,1-2H3,(H,16,17). The van der Waals surface area contributed by atoms with Crippen LogP contribution in [0.2, 0.25) is 0 Å². The van der Waals surface area contributed by atoms with Crippen molar-refractivity contribution < 1.29 is 9.90 Å². The van der Waals surface area contributed by atoms with Gasteiger partial charge in [0.15, 0.2) is 0 Å². The van der Waals surface area contributed by atoms with Crippen LogP contribution in [0.4, 0.5) is 5.82 Å². The van der Waals surface area contributed by atoms with Gasteiger partial charge in [-0.3, -0.25) is 0 Å². The van der Waals surface area contributed by atoms with Crippen LogP contribution in [0.1, 0.15) is 15.9 Å². The number of nitrogens with zero attached hydrogens (tertiary/aromatic N) is 3. The van der Waals surface area contributed by atoms with Crippen molar-refractivity contribution in [2.45, 2.75) is 6.92 Å². The number of aryl methyl sites for hydroxylation is 1. The van der Waals surface area contributed by atoms with Crippen LogP contribution < -0.4 is 4.90 Å². The fourth-order valence-electron chi connectivity index (χ4n) is 1.97. The largest absolute Gasteiger partial charge is 0.478 e. The van der Waals surface area contributed by atoms with Crippen LogP contribution >= 0.6 is 0 Å². The molecule has 1 aliphatic rings. The SMILES string of the molecule is Cc1cc(N2CCN(C)CC2)ncc1C(=O)O. The minimum atomic E-state index is -0.917. The van der Waals surface area contributed by atoms with Gasteiger partial charge in [-0.05, 0) is 25.6 Å². The van der Waals surface area contributed by atoms with Crippen LogP contribution in [0.3, 0.4) is 0 Å². The first kappa shape index (κ1) is 11.9. The van der Waals surface area contributed by atoms with Crippen LogP contribution in [0.15, 0.2) is 12.3 Å². The van der Waals surface area contributed by atoms with Crippen molar-refractivity contribution >= 4 is 11.8 Å². The second-order valence-corrected chi connectivity index (χ2v) is 4.45. The molecule has 0 radical (unpaired) electrons. The van der Waals surface area contributed by atoms with E-state index in [1.165, 1.54) is 6.20 Å². The van der Waals surface area contributed by atoms with Crippen LogP contribution in [0, 0.1) is 6.92 Å². The van der Waals surface area contributed by atoms with E-state index in [9.17, 15) is 4.79 Å². The lowest BCUT2D eigenvalue weighted by Gasteiger charge is -2.33. The lowest BCUT2D eigenvalue weighted by molar-refractivity contribution is 0.0695. The summed E-state index contributed by atoms with van der Waals surface area (Å²) in [5.41, 5.74) is 1.05. The van der Waals surface area contributed by atoms with E-state index in [1.54, 1.807) is 0 Å². The molecule has 1 N–H and O–H groups in total. The summed E-state index contributed by atoms with van der Waals surface area (Å²) in [6.07, 6.45) is 1.45. The average Bonchev–Trinajstić information content (AvgIpc) is 2.29. The molecule has 0 spiro atoms. The lowest BCUT2D eigenvalue weighted by Crippen LogP contribution is -2.44. The van der Waals surface area contributed by atoms with Crippen molar-refractivity contribution in [3.8, 4) is 0 Å². The average molecular weight is 235 g/mol. The van der Waals surface area contributed by atoms with E-state index >= 15 is 0 Å². The summed E-state index contributed by atoms with van der Waals surface area (Å²) in [6.45, 7) is 5.72. The lowest BCUT2D eigenvalue weighted by atomic mass is 10.1. The van der Waals surface area contributed by atoms with Gasteiger partial charge in [0.25, 0.3) is 0 Å². The molecule has 0 saturated carbocycles. The molecule has 0 bridgehead atoms. The Kier molecular flexibility index (Phi) is 3.28. The molecule has 0 aliphatic carbocycles. The first-order chi connectivity index (χ1) is 8.08. The predicted molar refractivity (Wildman–Crippen MR) is 65.6 cm³/mol. The van der Waals surface area contributed by atoms with Crippen LogP contribution in [-0.4, -0.2) is 54.2 Å². The smallest absolute Gasteiger partial charge is 0.337 e. The molecule has 0 amide bonds. The Balaban J connectivity index is 2.17.